The molecule has 1 aromatic heterocycles. The Morgan fingerprint density at radius 1 is 1.12 bits per heavy atom. The van der Waals surface area contributed by atoms with Crippen molar-refractivity contribution in [3.8, 4) is 0 Å². The summed E-state index contributed by atoms with van der Waals surface area (Å²) in [6.07, 6.45) is 0.641. The van der Waals surface area contributed by atoms with Crippen molar-refractivity contribution in [1.82, 2.24) is 10.3 Å². The Bertz CT molecular complexity index is 1460. The van der Waals surface area contributed by atoms with E-state index in [1.807, 2.05) is 6.92 Å². The normalized spacial score (nSPS) is 18.7. The monoisotopic (exact) mass is 586 g/mol. The second-order valence-corrected chi connectivity index (χ2v) is 10.5. The molecule has 41 heavy (non-hydrogen) atoms. The lowest BCUT2D eigenvalue weighted by molar-refractivity contribution is -0.133. The van der Waals surface area contributed by atoms with Gasteiger partial charge in [0.1, 0.15) is 23.7 Å². The summed E-state index contributed by atoms with van der Waals surface area (Å²) in [5.41, 5.74) is 1.08. The van der Waals surface area contributed by atoms with Gasteiger partial charge in [0.05, 0.1) is 0 Å². The van der Waals surface area contributed by atoms with E-state index >= 15 is 0 Å². The van der Waals surface area contributed by atoms with Gasteiger partial charge in [-0.05, 0) is 55.3 Å². The molecule has 0 unspecified atom stereocenters. The lowest BCUT2D eigenvalue weighted by Crippen LogP contribution is -2.56. The molecule has 1 N–H and O–H groups in total. The Labute approximate surface area is 241 Å². The molecular weight excluding hydrogens is 557 g/mol. The van der Waals surface area contributed by atoms with Crippen molar-refractivity contribution in [3.63, 3.8) is 0 Å². The molecule has 2 aliphatic rings. The molecule has 2 aromatic carbocycles. The van der Waals surface area contributed by atoms with Gasteiger partial charge in [-0.15, -0.1) is 0 Å². The van der Waals surface area contributed by atoms with Crippen molar-refractivity contribution in [1.29, 1.82) is 0 Å². The fourth-order valence-corrected chi connectivity index (χ4v) is 5.42. The summed E-state index contributed by atoms with van der Waals surface area (Å²) in [6.45, 7) is 1.82. The van der Waals surface area contributed by atoms with Crippen LogP contribution in [0.4, 0.5) is 24.7 Å². The van der Waals surface area contributed by atoms with E-state index < -0.39 is 54.5 Å². The van der Waals surface area contributed by atoms with Crippen molar-refractivity contribution in [3.05, 3.63) is 88.8 Å². The van der Waals surface area contributed by atoms with Crippen LogP contribution in [-0.2, 0) is 14.4 Å². The van der Waals surface area contributed by atoms with Crippen LogP contribution in [0.25, 0.3) is 0 Å². The molecule has 0 radical (unpaired) electrons. The number of benzene rings is 2. The van der Waals surface area contributed by atoms with Gasteiger partial charge in [-0.3, -0.25) is 24.2 Å². The average Bonchev–Trinajstić information content (AvgIpc) is 3.27. The van der Waals surface area contributed by atoms with Gasteiger partial charge in [-0.1, -0.05) is 43.3 Å². The third-order valence-electron chi connectivity index (χ3n) is 7.11. The lowest BCUT2D eigenvalue weighted by Gasteiger charge is -2.39. The maximum absolute atomic E-state index is 14.5. The quantitative estimate of drug-likeness (QED) is 0.368. The number of rotatable bonds is 7. The van der Waals surface area contributed by atoms with E-state index in [-0.39, 0.29) is 48.3 Å². The summed E-state index contributed by atoms with van der Waals surface area (Å²) in [4.78, 5) is 47.9. The molecule has 1 saturated carbocycles. The molecule has 0 bridgehead atoms. The van der Waals surface area contributed by atoms with Crippen LogP contribution < -0.4 is 15.1 Å². The van der Waals surface area contributed by atoms with Crippen LogP contribution in [-0.4, -0.2) is 40.7 Å². The zero-order valence-electron chi connectivity index (χ0n) is 21.5. The molecule has 216 valence electrons. The molecule has 1 aliphatic carbocycles. The Hall–Kier alpha value is -3.92. The van der Waals surface area contributed by atoms with Gasteiger partial charge in [0.15, 0.2) is 0 Å². The van der Waals surface area contributed by atoms with Crippen LogP contribution in [0.2, 0.25) is 5.02 Å². The SMILES string of the molecule is C.Cc1ccnc(N2C(=O)CC[C@H]2C(=O)N(c2cccc(F)c2)[C@H](C(=O)NC2CC(F)(F)C2)c2ccccc2Cl)c1. The number of alkyl halides is 2. The molecule has 2 fully saturated rings. The number of aromatic nitrogens is 1. The number of anilines is 2. The fourth-order valence-electron chi connectivity index (χ4n) is 5.18. The van der Waals surface area contributed by atoms with E-state index in [1.165, 1.54) is 35.4 Å². The Kier molecular flexibility index (Phi) is 8.72. The predicted molar refractivity (Wildman–Crippen MR) is 150 cm³/mol. The van der Waals surface area contributed by atoms with Gasteiger partial charge in [0.25, 0.3) is 11.8 Å². The van der Waals surface area contributed by atoms with Gasteiger partial charge >= 0.3 is 0 Å². The number of aryl methyl sites for hydroxylation is 1. The first-order valence-electron chi connectivity index (χ1n) is 12.8. The third kappa shape index (κ3) is 6.22. The van der Waals surface area contributed by atoms with E-state index in [0.29, 0.717) is 0 Å². The standard InChI is InChI=1S/C29H26ClF3N4O3.CH4/c1-17-11-12-34-24(13-17)37-23(9-10-25(37)38)28(40)36(20-6-4-5-18(31)14-20)26(21-7-2-3-8-22(21)30)27(39)35-19-15-29(32,33)16-19;/h2-8,11-14,19,23,26H,9-10,15-16H2,1H3,(H,35,39);1H4/t23-,26-;/m0./s1. The fraction of sp³-hybridized carbons (Fsp3) is 0.333. The first-order valence-corrected chi connectivity index (χ1v) is 13.2. The molecule has 3 aromatic rings. The molecular formula is C30H30ClF3N4O3. The minimum atomic E-state index is -2.89. The zero-order valence-corrected chi connectivity index (χ0v) is 22.2. The summed E-state index contributed by atoms with van der Waals surface area (Å²) in [5.74, 6) is -5.02. The van der Waals surface area contributed by atoms with E-state index in [2.05, 4.69) is 10.3 Å². The number of nitrogens with zero attached hydrogens (tertiary/aromatic N) is 3. The highest BCUT2D eigenvalue weighted by atomic mass is 35.5. The topological polar surface area (TPSA) is 82.6 Å². The highest BCUT2D eigenvalue weighted by molar-refractivity contribution is 6.31. The number of nitrogens with one attached hydrogen (secondary N) is 1. The van der Waals surface area contributed by atoms with Crippen LogP contribution in [0.3, 0.4) is 0 Å². The summed E-state index contributed by atoms with van der Waals surface area (Å²) in [5, 5.41) is 2.76. The van der Waals surface area contributed by atoms with Crippen LogP contribution in [0.15, 0.2) is 66.9 Å². The smallest absolute Gasteiger partial charge is 0.252 e. The number of pyridine rings is 1. The van der Waals surface area contributed by atoms with E-state index in [9.17, 15) is 27.6 Å². The van der Waals surface area contributed by atoms with Crippen molar-refractivity contribution in [2.75, 3.05) is 9.80 Å². The number of amides is 3. The summed E-state index contributed by atoms with van der Waals surface area (Å²) in [6, 6.07) is 11.6. The van der Waals surface area contributed by atoms with Crippen molar-refractivity contribution in [2.24, 2.45) is 0 Å². The van der Waals surface area contributed by atoms with Crippen LogP contribution in [0.5, 0.6) is 0 Å². The number of hydrogen-bond donors (Lipinski definition) is 1. The minimum Gasteiger partial charge on any atom is -0.351 e. The second-order valence-electron chi connectivity index (χ2n) is 10.1. The number of halogens is 4. The van der Waals surface area contributed by atoms with Gasteiger partial charge in [0.2, 0.25) is 11.8 Å². The highest BCUT2D eigenvalue weighted by Gasteiger charge is 2.48. The Morgan fingerprint density at radius 3 is 2.51 bits per heavy atom. The van der Waals surface area contributed by atoms with Crippen LogP contribution in [0, 0.1) is 12.7 Å². The van der Waals surface area contributed by atoms with Crippen molar-refractivity contribution in [2.45, 2.75) is 64.1 Å². The van der Waals surface area contributed by atoms with E-state index in [1.54, 1.807) is 30.3 Å². The molecule has 0 spiro atoms. The zero-order chi connectivity index (χ0) is 28.6. The van der Waals surface area contributed by atoms with Crippen molar-refractivity contribution < 1.29 is 27.6 Å². The number of carbonyl (C=O) groups is 3. The molecule has 1 saturated heterocycles. The number of hydrogen-bond acceptors (Lipinski definition) is 4. The van der Waals surface area contributed by atoms with Gasteiger partial charge < -0.3 is 5.32 Å². The summed E-state index contributed by atoms with van der Waals surface area (Å²) < 4.78 is 41.6. The Morgan fingerprint density at radius 2 is 1.85 bits per heavy atom. The average molecular weight is 587 g/mol. The van der Waals surface area contributed by atoms with E-state index in [4.69, 9.17) is 11.6 Å². The molecule has 11 heteroatoms. The maximum Gasteiger partial charge on any atom is 0.252 e. The lowest BCUT2D eigenvalue weighted by atomic mass is 9.87. The minimum absolute atomic E-state index is 0. The molecule has 1 aliphatic heterocycles. The molecule has 2 heterocycles. The van der Waals surface area contributed by atoms with Crippen LogP contribution in [0.1, 0.15) is 50.3 Å². The van der Waals surface area contributed by atoms with E-state index in [0.717, 1.165) is 16.5 Å². The maximum atomic E-state index is 14.5. The summed E-state index contributed by atoms with van der Waals surface area (Å²) >= 11 is 6.50. The van der Waals surface area contributed by atoms with Gasteiger partial charge in [0, 0.05) is 47.8 Å². The molecule has 7 nitrogen and oxygen atoms in total. The largest absolute Gasteiger partial charge is 0.351 e. The van der Waals surface area contributed by atoms with Gasteiger partial charge in [-0.25, -0.2) is 18.2 Å². The third-order valence-corrected chi connectivity index (χ3v) is 7.46. The molecule has 3 amide bonds. The second kappa shape index (κ2) is 11.9. The highest BCUT2D eigenvalue weighted by Crippen LogP contribution is 2.39. The van der Waals surface area contributed by atoms with Gasteiger partial charge in [-0.2, -0.15) is 0 Å². The molecule has 5 rings (SSSR count). The Balaban J connectivity index is 0.00000387. The first kappa shape index (κ1) is 30.0. The predicted octanol–water partition coefficient (Wildman–Crippen LogP) is 6.00. The number of carbonyl (C=O) groups excluding carboxylic acids is 3. The molecule has 2 atom stereocenters. The van der Waals surface area contributed by atoms with Crippen molar-refractivity contribution >= 4 is 40.8 Å². The summed E-state index contributed by atoms with van der Waals surface area (Å²) in [7, 11) is 0. The van der Waals surface area contributed by atoms with Crippen LogP contribution >= 0.6 is 11.6 Å². The first-order chi connectivity index (χ1) is 19.0.